The lowest BCUT2D eigenvalue weighted by atomic mass is 10.0. The molecule has 0 aliphatic rings. The molecule has 0 saturated heterocycles. The molecule has 0 saturated carbocycles. The first-order valence-electron chi connectivity index (χ1n) is 6.82. The molecule has 0 nitrogen and oxygen atoms in total. The molecule has 0 amide bonds. The van der Waals surface area contributed by atoms with Crippen LogP contribution in [-0.2, 0) is 0 Å². The van der Waals surface area contributed by atoms with Crippen molar-refractivity contribution >= 4 is 14.0 Å². The molecule has 1 rings (SSSR count). The quantitative estimate of drug-likeness (QED) is 0.626. The van der Waals surface area contributed by atoms with Crippen LogP contribution in [0.5, 0.6) is 0 Å². The van der Waals surface area contributed by atoms with Crippen molar-refractivity contribution in [2.45, 2.75) is 52.1 Å². The Hall–Kier alpha value is -0.563. The van der Waals surface area contributed by atoms with Gasteiger partial charge in [0.05, 0.1) is 8.80 Å². The number of rotatable bonds is 7. The molecular formula is C15H26Si. The van der Waals surface area contributed by atoms with Crippen molar-refractivity contribution in [2.24, 2.45) is 5.92 Å². The van der Waals surface area contributed by atoms with Crippen LogP contribution in [0.15, 0.2) is 30.3 Å². The molecule has 90 valence electrons. The summed E-state index contributed by atoms with van der Waals surface area (Å²) in [4.78, 5) is 0. The molecule has 0 spiro atoms. The molecule has 2 atom stereocenters. The summed E-state index contributed by atoms with van der Waals surface area (Å²) in [6, 6.07) is 12.6. The maximum atomic E-state index is 2.50. The SMILES string of the molecule is CCCCC(CC)C[SiH](C)c1ccccc1. The summed E-state index contributed by atoms with van der Waals surface area (Å²) in [5.41, 5.74) is 0. The zero-order valence-corrected chi connectivity index (χ0v) is 12.2. The lowest BCUT2D eigenvalue weighted by Gasteiger charge is -2.18. The Bertz CT molecular complexity index is 268. The fourth-order valence-electron chi connectivity index (χ4n) is 2.40. The Kier molecular flexibility index (Phi) is 6.47. The summed E-state index contributed by atoms with van der Waals surface area (Å²) in [6.07, 6.45) is 5.56. The van der Waals surface area contributed by atoms with Crippen LogP contribution in [0.4, 0.5) is 0 Å². The minimum absolute atomic E-state index is 0.679. The molecule has 2 unspecified atom stereocenters. The van der Waals surface area contributed by atoms with Gasteiger partial charge in [0.2, 0.25) is 0 Å². The second kappa shape index (κ2) is 7.67. The predicted octanol–water partition coefficient (Wildman–Crippen LogP) is 3.97. The van der Waals surface area contributed by atoms with Gasteiger partial charge in [-0.1, -0.05) is 87.6 Å². The number of benzene rings is 1. The molecule has 0 bridgehead atoms. The van der Waals surface area contributed by atoms with Crippen molar-refractivity contribution in [1.82, 2.24) is 0 Å². The first-order valence-corrected chi connectivity index (χ1v) is 9.37. The fourth-order valence-corrected chi connectivity index (χ4v) is 5.12. The van der Waals surface area contributed by atoms with Crippen molar-refractivity contribution in [3.05, 3.63) is 30.3 Å². The Morgan fingerprint density at radius 1 is 1.12 bits per heavy atom. The maximum absolute atomic E-state index is 2.50. The number of unbranched alkanes of at least 4 members (excludes halogenated alkanes) is 1. The molecule has 0 fully saturated rings. The van der Waals surface area contributed by atoms with Crippen molar-refractivity contribution in [2.75, 3.05) is 0 Å². The Morgan fingerprint density at radius 2 is 1.81 bits per heavy atom. The summed E-state index contributed by atoms with van der Waals surface area (Å²) in [7, 11) is -0.679. The van der Waals surface area contributed by atoms with Crippen LogP contribution in [0.25, 0.3) is 0 Å². The molecular weight excluding hydrogens is 208 g/mol. The molecule has 0 radical (unpaired) electrons. The highest BCUT2D eigenvalue weighted by atomic mass is 28.3. The third kappa shape index (κ3) is 4.52. The molecule has 16 heavy (non-hydrogen) atoms. The van der Waals surface area contributed by atoms with E-state index in [0.717, 1.165) is 5.92 Å². The first-order chi connectivity index (χ1) is 7.77. The third-order valence-corrected chi connectivity index (χ3v) is 6.50. The van der Waals surface area contributed by atoms with Gasteiger partial charge in [0.1, 0.15) is 0 Å². The average molecular weight is 234 g/mol. The van der Waals surface area contributed by atoms with Gasteiger partial charge in [-0.05, 0) is 5.92 Å². The van der Waals surface area contributed by atoms with Crippen LogP contribution in [0.3, 0.4) is 0 Å². The van der Waals surface area contributed by atoms with E-state index < -0.39 is 8.80 Å². The first kappa shape index (κ1) is 13.5. The van der Waals surface area contributed by atoms with Crippen molar-refractivity contribution in [3.8, 4) is 0 Å². The molecule has 0 aromatic heterocycles. The van der Waals surface area contributed by atoms with Gasteiger partial charge in [-0.3, -0.25) is 0 Å². The van der Waals surface area contributed by atoms with Gasteiger partial charge in [-0.25, -0.2) is 0 Å². The topological polar surface area (TPSA) is 0 Å². The molecule has 1 heteroatoms. The molecule has 0 N–H and O–H groups in total. The monoisotopic (exact) mass is 234 g/mol. The van der Waals surface area contributed by atoms with Crippen molar-refractivity contribution in [3.63, 3.8) is 0 Å². The zero-order chi connectivity index (χ0) is 11.8. The van der Waals surface area contributed by atoms with Crippen LogP contribution < -0.4 is 5.19 Å². The van der Waals surface area contributed by atoms with Crippen LogP contribution in [-0.4, -0.2) is 8.80 Å². The summed E-state index contributed by atoms with van der Waals surface area (Å²) in [6.45, 7) is 7.15. The van der Waals surface area contributed by atoms with Gasteiger partial charge >= 0.3 is 0 Å². The van der Waals surface area contributed by atoms with Crippen LogP contribution in [0, 0.1) is 5.92 Å². The molecule has 1 aromatic carbocycles. The standard InChI is InChI=1S/C15H26Si/c1-4-6-10-14(5-2)13-16(3)15-11-8-7-9-12-15/h7-9,11-12,14,16H,4-6,10,13H2,1-3H3. The second-order valence-corrected chi connectivity index (χ2v) is 7.90. The zero-order valence-electron chi connectivity index (χ0n) is 11.1. The number of hydrogen-bond acceptors (Lipinski definition) is 0. The highest BCUT2D eigenvalue weighted by molar-refractivity contribution is 6.72. The maximum Gasteiger partial charge on any atom is 0.0680 e. The van der Waals surface area contributed by atoms with E-state index in [0.29, 0.717) is 0 Å². The Morgan fingerprint density at radius 3 is 2.38 bits per heavy atom. The number of hydrogen-bond donors (Lipinski definition) is 0. The van der Waals surface area contributed by atoms with Gasteiger partial charge in [-0.15, -0.1) is 0 Å². The Labute approximate surface area is 103 Å². The predicted molar refractivity (Wildman–Crippen MR) is 77.2 cm³/mol. The lowest BCUT2D eigenvalue weighted by Crippen LogP contribution is -2.28. The van der Waals surface area contributed by atoms with Gasteiger partial charge in [0.25, 0.3) is 0 Å². The van der Waals surface area contributed by atoms with Crippen LogP contribution in [0.2, 0.25) is 12.6 Å². The second-order valence-electron chi connectivity index (χ2n) is 4.96. The smallest absolute Gasteiger partial charge is 0.0680 e. The third-order valence-electron chi connectivity index (χ3n) is 3.60. The van der Waals surface area contributed by atoms with Gasteiger partial charge in [-0.2, -0.15) is 0 Å². The van der Waals surface area contributed by atoms with E-state index in [9.17, 15) is 0 Å². The van der Waals surface area contributed by atoms with Crippen LogP contribution in [0.1, 0.15) is 39.5 Å². The highest BCUT2D eigenvalue weighted by Gasteiger charge is 2.13. The van der Waals surface area contributed by atoms with Gasteiger partial charge in [0.15, 0.2) is 0 Å². The summed E-state index contributed by atoms with van der Waals surface area (Å²) < 4.78 is 0. The highest BCUT2D eigenvalue weighted by Crippen LogP contribution is 2.19. The van der Waals surface area contributed by atoms with E-state index in [1.54, 1.807) is 5.19 Å². The van der Waals surface area contributed by atoms with Crippen LogP contribution >= 0.6 is 0 Å². The van der Waals surface area contributed by atoms with E-state index in [1.807, 2.05) is 0 Å². The minimum atomic E-state index is -0.679. The normalized spacial score (nSPS) is 14.7. The fraction of sp³-hybridized carbons (Fsp3) is 0.600. The summed E-state index contributed by atoms with van der Waals surface area (Å²) >= 11 is 0. The summed E-state index contributed by atoms with van der Waals surface area (Å²) in [5, 5.41) is 1.64. The average Bonchev–Trinajstić information content (AvgIpc) is 2.35. The van der Waals surface area contributed by atoms with E-state index >= 15 is 0 Å². The van der Waals surface area contributed by atoms with E-state index in [2.05, 4.69) is 50.7 Å². The lowest BCUT2D eigenvalue weighted by molar-refractivity contribution is 0.489. The Balaban J connectivity index is 2.45. The van der Waals surface area contributed by atoms with E-state index in [1.165, 1.54) is 31.7 Å². The summed E-state index contributed by atoms with van der Waals surface area (Å²) in [5.74, 6) is 0.974. The molecule has 1 aromatic rings. The molecule has 0 heterocycles. The molecule has 0 aliphatic carbocycles. The van der Waals surface area contributed by atoms with Gasteiger partial charge < -0.3 is 0 Å². The van der Waals surface area contributed by atoms with Gasteiger partial charge in [0, 0.05) is 0 Å². The van der Waals surface area contributed by atoms with E-state index in [4.69, 9.17) is 0 Å². The van der Waals surface area contributed by atoms with E-state index in [-0.39, 0.29) is 0 Å². The van der Waals surface area contributed by atoms with Crippen molar-refractivity contribution < 1.29 is 0 Å². The minimum Gasteiger partial charge on any atom is -0.0680 e. The molecule has 0 aliphatic heterocycles. The largest absolute Gasteiger partial charge is 0.0680 e. The van der Waals surface area contributed by atoms with Crippen molar-refractivity contribution in [1.29, 1.82) is 0 Å².